The minimum absolute atomic E-state index is 1.63. The molecular weight excluding hydrogens is 118 g/mol. The summed E-state index contributed by atoms with van der Waals surface area (Å²) in [4.78, 5) is 0. The van der Waals surface area contributed by atoms with Gasteiger partial charge in [-0.2, -0.15) is 0 Å². The van der Waals surface area contributed by atoms with Crippen LogP contribution in [0.15, 0.2) is 16.9 Å². The van der Waals surface area contributed by atoms with Crippen LogP contribution in [0.2, 0.25) is 6.55 Å². The normalized spacial score (nSPS) is 16.8. The maximum atomic E-state index is 5.03. The summed E-state index contributed by atoms with van der Waals surface area (Å²) >= 11 is 0. The van der Waals surface area contributed by atoms with Gasteiger partial charge in [0.1, 0.15) is 0 Å². The minimum Gasteiger partial charge on any atom is -0.398 e. The zero-order chi connectivity index (χ0) is 6.62. The SMILES string of the molecule is C=C[Si](C)(N=C)OC. The molecule has 2 nitrogen and oxygen atoms in total. The topological polar surface area (TPSA) is 21.6 Å². The van der Waals surface area contributed by atoms with E-state index in [4.69, 9.17) is 4.43 Å². The van der Waals surface area contributed by atoms with Crippen LogP contribution >= 0.6 is 0 Å². The average molecular weight is 129 g/mol. The highest BCUT2D eigenvalue weighted by atomic mass is 28.4. The van der Waals surface area contributed by atoms with Gasteiger partial charge in [-0.15, -0.1) is 6.58 Å². The molecule has 0 aliphatic carbocycles. The lowest BCUT2D eigenvalue weighted by atomic mass is 11.3. The van der Waals surface area contributed by atoms with E-state index in [0.717, 1.165) is 0 Å². The predicted octanol–water partition coefficient (Wildman–Crippen LogP) is 1.13. The molecular formula is C5H11NOSi. The Bertz CT molecular complexity index is 94.6. The van der Waals surface area contributed by atoms with E-state index >= 15 is 0 Å². The van der Waals surface area contributed by atoms with Crippen molar-refractivity contribution >= 4 is 15.2 Å². The molecule has 46 valence electrons. The summed E-state index contributed by atoms with van der Waals surface area (Å²) < 4.78 is 8.83. The van der Waals surface area contributed by atoms with E-state index in [9.17, 15) is 0 Å². The third-order valence-corrected chi connectivity index (χ3v) is 3.32. The van der Waals surface area contributed by atoms with E-state index < -0.39 is 8.48 Å². The zero-order valence-corrected chi connectivity index (χ0v) is 6.35. The fourth-order valence-electron chi connectivity index (χ4n) is 0.212. The molecule has 0 saturated heterocycles. The smallest absolute Gasteiger partial charge is 0.340 e. The molecule has 1 atom stereocenters. The molecule has 0 aromatic carbocycles. The Hall–Kier alpha value is -0.413. The van der Waals surface area contributed by atoms with Gasteiger partial charge in [0.2, 0.25) is 0 Å². The lowest BCUT2D eigenvalue weighted by molar-refractivity contribution is 0.411. The molecule has 0 rings (SSSR count). The Balaban J connectivity index is 3.96. The summed E-state index contributed by atoms with van der Waals surface area (Å²) in [6.07, 6.45) is 0. The highest BCUT2D eigenvalue weighted by Gasteiger charge is 2.20. The maximum Gasteiger partial charge on any atom is 0.340 e. The second kappa shape index (κ2) is 2.79. The number of nitrogens with zero attached hydrogens (tertiary/aromatic N) is 1. The second-order valence-corrected chi connectivity index (χ2v) is 4.86. The van der Waals surface area contributed by atoms with Crippen molar-refractivity contribution in [2.75, 3.05) is 7.11 Å². The molecule has 0 amide bonds. The highest BCUT2D eigenvalue weighted by Crippen LogP contribution is 2.03. The van der Waals surface area contributed by atoms with E-state index in [1.165, 1.54) is 0 Å². The molecule has 0 radical (unpaired) electrons. The Labute approximate surface area is 51.1 Å². The molecule has 0 aliphatic heterocycles. The van der Waals surface area contributed by atoms with E-state index in [1.54, 1.807) is 12.8 Å². The van der Waals surface area contributed by atoms with E-state index in [-0.39, 0.29) is 0 Å². The van der Waals surface area contributed by atoms with Crippen LogP contribution in [-0.4, -0.2) is 22.3 Å². The Kier molecular flexibility index (Phi) is 2.64. The van der Waals surface area contributed by atoms with Gasteiger partial charge in [0.15, 0.2) is 0 Å². The van der Waals surface area contributed by atoms with Gasteiger partial charge in [0, 0.05) is 7.11 Å². The van der Waals surface area contributed by atoms with Crippen molar-refractivity contribution < 1.29 is 4.43 Å². The highest BCUT2D eigenvalue weighted by molar-refractivity contribution is 6.76. The molecule has 0 aliphatic rings. The Morgan fingerprint density at radius 1 is 1.75 bits per heavy atom. The molecule has 1 unspecified atom stereocenters. The van der Waals surface area contributed by atoms with Crippen LogP contribution in [0.4, 0.5) is 0 Å². The van der Waals surface area contributed by atoms with Crippen LogP contribution in [0, 0.1) is 0 Å². The van der Waals surface area contributed by atoms with Crippen molar-refractivity contribution in [2.24, 2.45) is 4.66 Å². The number of hydrogen-bond donors (Lipinski definition) is 0. The van der Waals surface area contributed by atoms with Crippen LogP contribution in [-0.2, 0) is 4.43 Å². The van der Waals surface area contributed by atoms with Gasteiger partial charge in [0.05, 0.1) is 0 Å². The lowest BCUT2D eigenvalue weighted by Crippen LogP contribution is -2.27. The molecule has 0 heterocycles. The monoisotopic (exact) mass is 129 g/mol. The number of hydrogen-bond acceptors (Lipinski definition) is 2. The maximum absolute atomic E-state index is 5.03. The van der Waals surface area contributed by atoms with Crippen LogP contribution in [0.25, 0.3) is 0 Å². The summed E-state index contributed by atoms with van der Waals surface area (Å²) in [7, 11) is -0.266. The first-order chi connectivity index (χ1) is 3.68. The predicted molar refractivity (Wildman–Crippen MR) is 38.4 cm³/mol. The summed E-state index contributed by atoms with van der Waals surface area (Å²) in [5, 5.41) is 0. The molecule has 0 fully saturated rings. The average Bonchev–Trinajstić information content (AvgIpc) is 1.87. The van der Waals surface area contributed by atoms with Crippen molar-refractivity contribution in [3.8, 4) is 0 Å². The number of rotatable bonds is 3. The first-order valence-electron chi connectivity index (χ1n) is 2.35. The quantitative estimate of drug-likeness (QED) is 0.413. The second-order valence-electron chi connectivity index (χ2n) is 1.62. The third kappa shape index (κ3) is 1.59. The van der Waals surface area contributed by atoms with Crippen molar-refractivity contribution in [1.29, 1.82) is 0 Å². The van der Waals surface area contributed by atoms with Crippen molar-refractivity contribution in [3.63, 3.8) is 0 Å². The van der Waals surface area contributed by atoms with Gasteiger partial charge in [-0.05, 0) is 13.3 Å². The Morgan fingerprint density at radius 2 is 2.25 bits per heavy atom. The van der Waals surface area contributed by atoms with Crippen molar-refractivity contribution in [3.05, 3.63) is 12.3 Å². The molecule has 0 spiro atoms. The molecule has 0 saturated carbocycles. The summed E-state index contributed by atoms with van der Waals surface area (Å²) in [6.45, 7) is 8.89. The van der Waals surface area contributed by atoms with E-state index in [2.05, 4.69) is 18.0 Å². The Morgan fingerprint density at radius 3 is 2.25 bits per heavy atom. The molecule has 0 bridgehead atoms. The minimum atomic E-state index is -1.89. The van der Waals surface area contributed by atoms with Crippen LogP contribution < -0.4 is 0 Å². The third-order valence-electron chi connectivity index (χ3n) is 1.11. The lowest BCUT2D eigenvalue weighted by Gasteiger charge is -2.12. The standard InChI is InChI=1S/C5H11NOSi/c1-5-8(4,6-2)7-3/h5H,1-2H2,3-4H3. The van der Waals surface area contributed by atoms with Crippen molar-refractivity contribution in [2.45, 2.75) is 6.55 Å². The van der Waals surface area contributed by atoms with Gasteiger partial charge in [-0.25, -0.2) is 0 Å². The molecule has 8 heavy (non-hydrogen) atoms. The van der Waals surface area contributed by atoms with E-state index in [1.807, 2.05) is 6.55 Å². The van der Waals surface area contributed by atoms with Crippen LogP contribution in [0.1, 0.15) is 0 Å². The van der Waals surface area contributed by atoms with Gasteiger partial charge >= 0.3 is 8.48 Å². The van der Waals surface area contributed by atoms with Gasteiger partial charge < -0.3 is 9.08 Å². The fourth-order valence-corrected chi connectivity index (χ4v) is 0.637. The summed E-state index contributed by atoms with van der Waals surface area (Å²) in [5.41, 5.74) is 1.74. The van der Waals surface area contributed by atoms with Crippen molar-refractivity contribution in [1.82, 2.24) is 0 Å². The summed E-state index contributed by atoms with van der Waals surface area (Å²) in [5.74, 6) is 0. The molecule has 0 aromatic heterocycles. The van der Waals surface area contributed by atoms with Crippen LogP contribution in [0.3, 0.4) is 0 Å². The van der Waals surface area contributed by atoms with Gasteiger partial charge in [0.25, 0.3) is 0 Å². The largest absolute Gasteiger partial charge is 0.398 e. The van der Waals surface area contributed by atoms with Crippen LogP contribution in [0.5, 0.6) is 0 Å². The van der Waals surface area contributed by atoms with Gasteiger partial charge in [-0.1, -0.05) is 5.70 Å². The molecule has 0 N–H and O–H groups in total. The summed E-state index contributed by atoms with van der Waals surface area (Å²) in [6, 6.07) is 0. The first-order valence-corrected chi connectivity index (χ1v) is 4.78. The molecule has 0 aromatic rings. The van der Waals surface area contributed by atoms with Gasteiger partial charge in [-0.3, -0.25) is 0 Å². The van der Waals surface area contributed by atoms with E-state index in [0.29, 0.717) is 0 Å². The first kappa shape index (κ1) is 7.59. The fraction of sp³-hybridized carbons (Fsp3) is 0.400. The zero-order valence-electron chi connectivity index (χ0n) is 5.35. The molecule has 3 heteroatoms.